The molecule has 2 N–H and O–H groups in total. The predicted molar refractivity (Wildman–Crippen MR) is 201 cm³/mol. The lowest BCUT2D eigenvalue weighted by molar-refractivity contribution is 0.118. The van der Waals surface area contributed by atoms with Gasteiger partial charge in [-0.1, -0.05) is 38.1 Å². The lowest BCUT2D eigenvalue weighted by Crippen LogP contribution is -2.46. The maximum absolute atomic E-state index is 14.9. The van der Waals surface area contributed by atoms with Crippen LogP contribution in [-0.4, -0.2) is 66.5 Å². The van der Waals surface area contributed by atoms with Crippen molar-refractivity contribution in [2.24, 2.45) is 0 Å². The number of aromatic amines is 1. The topological polar surface area (TPSA) is 117 Å². The standard InChI is InChI=1S/C40H40F4N8O3/c1-4-35(25(3)53)51-40(55)50(23-46-51)31-13-11-30(12-14-31)49-19-17-48(18-20-49)29-9-5-26(6-10-29)27-7-16-34(45-22-27)37(52-38(44)36(43)39(54)47-52)24(2)32-15-8-28(41)21-33(32)42/h5-16,21-25,35,37,53H,4,17-20H2,1-3H3,(H,47,54)/t24?,25-,35-,37?/m0/s1. The number of hydrogen-bond acceptors (Lipinski definition) is 7. The van der Waals surface area contributed by atoms with Crippen LogP contribution in [-0.2, 0) is 0 Å². The zero-order chi connectivity index (χ0) is 39.0. The summed E-state index contributed by atoms with van der Waals surface area (Å²) >= 11 is 0. The van der Waals surface area contributed by atoms with E-state index < -0.39 is 53.1 Å². The molecule has 1 fully saturated rings. The van der Waals surface area contributed by atoms with Gasteiger partial charge in [-0.05, 0) is 73.0 Å². The van der Waals surface area contributed by atoms with Crippen LogP contribution in [0.25, 0.3) is 16.8 Å². The molecule has 0 bridgehead atoms. The van der Waals surface area contributed by atoms with Crippen molar-refractivity contribution in [1.29, 1.82) is 0 Å². The Bertz CT molecular complexity index is 2380. The van der Waals surface area contributed by atoms with Crippen molar-refractivity contribution < 1.29 is 22.7 Å². The number of hydrogen-bond donors (Lipinski definition) is 2. The fourth-order valence-electron chi connectivity index (χ4n) is 7.35. The van der Waals surface area contributed by atoms with Gasteiger partial charge in [0.05, 0.1) is 23.5 Å². The third kappa shape index (κ3) is 7.31. The molecule has 4 atom stereocenters. The van der Waals surface area contributed by atoms with Crippen molar-refractivity contribution in [3.8, 4) is 16.8 Å². The second-order valence-corrected chi connectivity index (χ2v) is 13.8. The minimum absolute atomic E-state index is 0.0402. The SMILES string of the molecule is CC[C@@H]([C@H](C)O)n1ncn(-c2ccc(N3CCN(c4ccc(-c5ccc(C(C(C)c6ccc(F)cc6F)n6[nH]c(=O)c(F)c6F)nc5)cc4)CC3)cc2)c1=O. The number of aliphatic hydroxyl groups excluding tert-OH is 1. The predicted octanol–water partition coefficient (Wildman–Crippen LogP) is 6.19. The largest absolute Gasteiger partial charge is 0.391 e. The van der Waals surface area contributed by atoms with Gasteiger partial charge in [-0.3, -0.25) is 14.9 Å². The number of nitrogens with one attached hydrogen (secondary N) is 1. The number of H-pyrrole nitrogens is 1. The average Bonchev–Trinajstić information content (AvgIpc) is 3.69. The van der Waals surface area contributed by atoms with Gasteiger partial charge in [0.25, 0.3) is 5.95 Å². The highest BCUT2D eigenvalue weighted by Gasteiger charge is 2.31. The highest BCUT2D eigenvalue weighted by Crippen LogP contribution is 2.36. The summed E-state index contributed by atoms with van der Waals surface area (Å²) < 4.78 is 61.1. The molecule has 4 heterocycles. The first kappa shape index (κ1) is 37.4. The Balaban J connectivity index is 1.02. The molecule has 1 aliphatic rings. The molecule has 1 saturated heterocycles. The van der Waals surface area contributed by atoms with E-state index in [0.29, 0.717) is 22.9 Å². The highest BCUT2D eigenvalue weighted by molar-refractivity contribution is 5.66. The van der Waals surface area contributed by atoms with E-state index in [1.165, 1.54) is 21.6 Å². The molecule has 3 aromatic carbocycles. The molecular weight excluding hydrogens is 716 g/mol. The number of pyridine rings is 1. The second-order valence-electron chi connectivity index (χ2n) is 13.8. The van der Waals surface area contributed by atoms with E-state index in [1.807, 2.05) is 55.5 Å². The zero-order valence-corrected chi connectivity index (χ0v) is 30.4. The minimum Gasteiger partial charge on any atom is -0.391 e. The monoisotopic (exact) mass is 756 g/mol. The lowest BCUT2D eigenvalue weighted by Gasteiger charge is -2.37. The summed E-state index contributed by atoms with van der Waals surface area (Å²) in [5.74, 6) is -5.56. The van der Waals surface area contributed by atoms with Crippen LogP contribution in [0.1, 0.15) is 56.5 Å². The first-order chi connectivity index (χ1) is 26.4. The summed E-state index contributed by atoms with van der Waals surface area (Å²) in [6, 6.07) is 20.6. The van der Waals surface area contributed by atoms with Crippen LogP contribution < -0.4 is 21.0 Å². The molecule has 6 aromatic rings. The molecule has 55 heavy (non-hydrogen) atoms. The molecule has 11 nitrogen and oxygen atoms in total. The van der Waals surface area contributed by atoms with Crippen LogP contribution in [0.2, 0.25) is 0 Å². The van der Waals surface area contributed by atoms with Crippen molar-refractivity contribution in [3.05, 3.63) is 147 Å². The smallest absolute Gasteiger partial charge is 0.350 e. The Morgan fingerprint density at radius 3 is 1.93 bits per heavy atom. The van der Waals surface area contributed by atoms with Gasteiger partial charge in [-0.25, -0.2) is 27.5 Å². The first-order valence-corrected chi connectivity index (χ1v) is 18.1. The number of anilines is 2. The van der Waals surface area contributed by atoms with Gasteiger partial charge in [0.1, 0.15) is 24.0 Å². The van der Waals surface area contributed by atoms with Gasteiger partial charge in [-0.15, -0.1) is 0 Å². The summed E-state index contributed by atoms with van der Waals surface area (Å²) in [6.07, 6.45) is 2.94. The Hall–Kier alpha value is -5.96. The van der Waals surface area contributed by atoms with Crippen LogP contribution in [0.3, 0.4) is 0 Å². The Labute approximate surface area is 313 Å². The summed E-state index contributed by atoms with van der Waals surface area (Å²) in [6.45, 7) is 8.26. The molecule has 3 aromatic heterocycles. The third-order valence-corrected chi connectivity index (χ3v) is 10.4. The summed E-state index contributed by atoms with van der Waals surface area (Å²) in [5, 5.41) is 16.5. The van der Waals surface area contributed by atoms with Gasteiger partial charge < -0.3 is 14.9 Å². The van der Waals surface area contributed by atoms with Crippen molar-refractivity contribution in [2.45, 2.75) is 51.3 Å². The molecule has 0 aliphatic carbocycles. The van der Waals surface area contributed by atoms with Gasteiger partial charge in [0, 0.05) is 61.3 Å². The van der Waals surface area contributed by atoms with E-state index in [9.17, 15) is 32.3 Å². The van der Waals surface area contributed by atoms with Gasteiger partial charge in [-0.2, -0.15) is 13.9 Å². The number of aromatic nitrogens is 6. The lowest BCUT2D eigenvalue weighted by atomic mass is 9.90. The maximum atomic E-state index is 14.9. The van der Waals surface area contributed by atoms with Crippen LogP contribution >= 0.6 is 0 Å². The van der Waals surface area contributed by atoms with Crippen molar-refractivity contribution >= 4 is 11.4 Å². The van der Waals surface area contributed by atoms with Crippen LogP contribution in [0.15, 0.2) is 101 Å². The van der Waals surface area contributed by atoms with E-state index in [2.05, 4.69) is 25.0 Å². The number of benzene rings is 3. The van der Waals surface area contributed by atoms with Gasteiger partial charge in [0.15, 0.2) is 0 Å². The zero-order valence-electron chi connectivity index (χ0n) is 30.4. The summed E-state index contributed by atoms with van der Waals surface area (Å²) in [4.78, 5) is 34.1. The molecule has 0 saturated carbocycles. The quantitative estimate of drug-likeness (QED) is 0.152. The molecule has 0 amide bonds. The van der Waals surface area contributed by atoms with Crippen LogP contribution in [0, 0.1) is 23.4 Å². The third-order valence-electron chi connectivity index (χ3n) is 10.4. The van der Waals surface area contributed by atoms with E-state index in [1.54, 1.807) is 32.2 Å². The van der Waals surface area contributed by atoms with Crippen LogP contribution in [0.5, 0.6) is 0 Å². The van der Waals surface area contributed by atoms with Crippen molar-refractivity contribution in [2.75, 3.05) is 36.0 Å². The molecule has 0 spiro atoms. The summed E-state index contributed by atoms with van der Waals surface area (Å²) in [5.41, 5.74) is 3.11. The molecular formula is C40H40F4N8O3. The van der Waals surface area contributed by atoms with E-state index in [0.717, 1.165) is 54.7 Å². The van der Waals surface area contributed by atoms with Crippen molar-refractivity contribution in [1.82, 2.24) is 29.1 Å². The average molecular weight is 757 g/mol. The second kappa shape index (κ2) is 15.4. The van der Waals surface area contributed by atoms with E-state index in [-0.39, 0.29) is 16.9 Å². The number of nitrogens with zero attached hydrogens (tertiary/aromatic N) is 7. The van der Waals surface area contributed by atoms with Gasteiger partial charge >= 0.3 is 11.2 Å². The fourth-order valence-corrected chi connectivity index (χ4v) is 7.35. The van der Waals surface area contributed by atoms with E-state index >= 15 is 0 Å². The number of aliphatic hydroxyl groups is 1. The van der Waals surface area contributed by atoms with E-state index in [4.69, 9.17) is 0 Å². The Morgan fingerprint density at radius 1 is 0.800 bits per heavy atom. The van der Waals surface area contributed by atoms with Gasteiger partial charge in [0.2, 0.25) is 5.82 Å². The van der Waals surface area contributed by atoms with Crippen molar-refractivity contribution in [3.63, 3.8) is 0 Å². The Morgan fingerprint density at radius 2 is 1.40 bits per heavy atom. The first-order valence-electron chi connectivity index (χ1n) is 18.1. The molecule has 0 radical (unpaired) electrons. The number of halogens is 4. The molecule has 1 aliphatic heterocycles. The minimum atomic E-state index is -1.59. The summed E-state index contributed by atoms with van der Waals surface area (Å²) in [7, 11) is 0. The molecule has 15 heteroatoms. The maximum Gasteiger partial charge on any atom is 0.350 e. The normalized spacial score (nSPS) is 15.6. The molecule has 2 unspecified atom stereocenters. The van der Waals surface area contributed by atoms with Crippen LogP contribution in [0.4, 0.5) is 28.9 Å². The number of rotatable bonds is 11. The molecule has 7 rings (SSSR count). The fraction of sp³-hybridized carbons (Fsp3) is 0.300. The molecule has 286 valence electrons. The number of piperazine rings is 1. The Kier molecular flexibility index (Phi) is 10.5. The highest BCUT2D eigenvalue weighted by atomic mass is 19.2.